The maximum Gasteiger partial charge on any atom is 0.416 e. The Kier molecular flexibility index (Phi) is 8.94. The molecule has 0 amide bonds. The predicted octanol–water partition coefficient (Wildman–Crippen LogP) is 3.11. The number of halogens is 4. The van der Waals surface area contributed by atoms with E-state index in [1.54, 1.807) is 0 Å². The Morgan fingerprint density at radius 1 is 1.31 bits per heavy atom. The molecule has 0 aromatic heterocycles. The van der Waals surface area contributed by atoms with Crippen LogP contribution in [0.4, 0.5) is 13.2 Å². The summed E-state index contributed by atoms with van der Waals surface area (Å²) in [7, 11) is 0. The Balaban J connectivity index is 0.00000338. The van der Waals surface area contributed by atoms with Crippen LogP contribution in [0.5, 0.6) is 5.75 Å². The summed E-state index contributed by atoms with van der Waals surface area (Å²) in [6.45, 7) is 3.92. The van der Waals surface area contributed by atoms with Crippen LogP contribution in [0.1, 0.15) is 25.3 Å². The minimum absolute atomic E-state index is 0. The van der Waals surface area contributed by atoms with Crippen molar-refractivity contribution in [1.29, 1.82) is 0 Å². The van der Waals surface area contributed by atoms with Gasteiger partial charge in [-0.1, -0.05) is 6.92 Å². The molecule has 0 radical (unpaired) electrons. The molecular weight excluding hydrogens is 462 g/mol. The van der Waals surface area contributed by atoms with Crippen LogP contribution in [-0.2, 0) is 6.18 Å². The number of aliphatic hydroxyl groups excluding tert-OH is 1. The van der Waals surface area contributed by atoms with Crippen LogP contribution in [0.3, 0.4) is 0 Å². The van der Waals surface area contributed by atoms with Gasteiger partial charge >= 0.3 is 6.18 Å². The fraction of sp³-hybridized carbons (Fsp3) is 0.588. The number of rotatable bonds is 5. The summed E-state index contributed by atoms with van der Waals surface area (Å²) in [4.78, 5) is 6.16. The molecule has 1 aromatic rings. The minimum atomic E-state index is -4.38. The summed E-state index contributed by atoms with van der Waals surface area (Å²) >= 11 is 0. The average Bonchev–Trinajstić information content (AvgIpc) is 2.58. The van der Waals surface area contributed by atoms with Crippen molar-refractivity contribution in [3.8, 4) is 5.75 Å². The second-order valence-electron chi connectivity index (χ2n) is 6.36. The lowest BCUT2D eigenvalue weighted by Crippen LogP contribution is -2.43. The van der Waals surface area contributed by atoms with Gasteiger partial charge in [0.25, 0.3) is 0 Å². The van der Waals surface area contributed by atoms with Crippen molar-refractivity contribution < 1.29 is 23.0 Å². The largest absolute Gasteiger partial charge is 0.491 e. The number of hydrogen-bond acceptors (Lipinski definition) is 3. The van der Waals surface area contributed by atoms with Gasteiger partial charge in [-0.2, -0.15) is 13.2 Å². The number of benzene rings is 1. The normalized spacial score (nSPS) is 17.6. The highest BCUT2D eigenvalue weighted by Crippen LogP contribution is 2.30. The second kappa shape index (κ2) is 10.2. The van der Waals surface area contributed by atoms with Crippen molar-refractivity contribution in [2.75, 3.05) is 26.2 Å². The smallest absolute Gasteiger partial charge is 0.416 e. The van der Waals surface area contributed by atoms with E-state index in [-0.39, 0.29) is 42.9 Å². The van der Waals surface area contributed by atoms with E-state index < -0.39 is 17.8 Å². The molecule has 0 spiro atoms. The monoisotopic (exact) mass is 487 g/mol. The SMILES string of the molecule is CC1CCN(C(N)=NCC(O)COc2ccc(C(F)(F)F)cc2)CC1.I. The third-order valence-corrected chi connectivity index (χ3v) is 4.20. The average molecular weight is 487 g/mol. The number of nitrogens with zero attached hydrogens (tertiary/aromatic N) is 2. The zero-order valence-corrected chi connectivity index (χ0v) is 16.9. The molecule has 2 rings (SSSR count). The maximum absolute atomic E-state index is 12.5. The van der Waals surface area contributed by atoms with Crippen molar-refractivity contribution in [3.05, 3.63) is 29.8 Å². The summed E-state index contributed by atoms with van der Waals surface area (Å²) in [6.07, 6.45) is -3.13. The van der Waals surface area contributed by atoms with Gasteiger partial charge < -0.3 is 20.5 Å². The van der Waals surface area contributed by atoms with Gasteiger partial charge in [0.05, 0.1) is 12.1 Å². The molecule has 1 heterocycles. The van der Waals surface area contributed by atoms with E-state index in [9.17, 15) is 18.3 Å². The number of guanidine groups is 1. The highest BCUT2D eigenvalue weighted by molar-refractivity contribution is 14.0. The second-order valence-corrected chi connectivity index (χ2v) is 6.36. The van der Waals surface area contributed by atoms with Crippen LogP contribution in [0, 0.1) is 5.92 Å². The lowest BCUT2D eigenvalue weighted by Gasteiger charge is -2.31. The van der Waals surface area contributed by atoms with Crippen LogP contribution >= 0.6 is 24.0 Å². The zero-order valence-electron chi connectivity index (χ0n) is 14.6. The van der Waals surface area contributed by atoms with E-state index >= 15 is 0 Å². The Bertz CT molecular complexity index is 574. The summed E-state index contributed by atoms with van der Waals surface area (Å²) < 4.78 is 42.7. The molecule has 1 aliphatic rings. The van der Waals surface area contributed by atoms with Gasteiger partial charge in [0.15, 0.2) is 5.96 Å². The highest BCUT2D eigenvalue weighted by Gasteiger charge is 2.30. The molecular formula is C17H25F3IN3O2. The van der Waals surface area contributed by atoms with E-state index in [4.69, 9.17) is 10.5 Å². The van der Waals surface area contributed by atoms with Crippen LogP contribution in [0.2, 0.25) is 0 Å². The van der Waals surface area contributed by atoms with Crippen molar-refractivity contribution in [1.82, 2.24) is 4.90 Å². The number of hydrogen-bond donors (Lipinski definition) is 2. The van der Waals surface area contributed by atoms with Gasteiger partial charge in [-0.15, -0.1) is 24.0 Å². The van der Waals surface area contributed by atoms with Gasteiger partial charge in [0.2, 0.25) is 0 Å². The zero-order chi connectivity index (χ0) is 18.4. The number of likely N-dealkylation sites (tertiary alicyclic amines) is 1. The first kappa shape index (κ1) is 22.8. The fourth-order valence-corrected chi connectivity index (χ4v) is 2.52. The predicted molar refractivity (Wildman–Crippen MR) is 105 cm³/mol. The summed E-state index contributed by atoms with van der Waals surface area (Å²) in [6, 6.07) is 4.33. The van der Waals surface area contributed by atoms with E-state index in [1.165, 1.54) is 12.1 Å². The molecule has 1 aliphatic heterocycles. The third-order valence-electron chi connectivity index (χ3n) is 4.20. The third kappa shape index (κ3) is 7.18. The molecule has 1 aromatic carbocycles. The maximum atomic E-state index is 12.5. The first-order valence-electron chi connectivity index (χ1n) is 8.28. The van der Waals surface area contributed by atoms with Crippen LogP contribution < -0.4 is 10.5 Å². The van der Waals surface area contributed by atoms with Crippen LogP contribution in [-0.4, -0.2) is 48.3 Å². The number of aliphatic hydroxyl groups is 1. The molecule has 3 N–H and O–H groups in total. The molecule has 1 saturated heterocycles. The van der Waals surface area contributed by atoms with Gasteiger partial charge in [-0.05, 0) is 43.0 Å². The molecule has 1 atom stereocenters. The summed E-state index contributed by atoms with van der Waals surface area (Å²) in [5.74, 6) is 1.35. The van der Waals surface area contributed by atoms with Gasteiger partial charge in [-0.25, -0.2) is 0 Å². The molecule has 148 valence electrons. The van der Waals surface area contributed by atoms with Crippen molar-refractivity contribution in [2.45, 2.75) is 32.0 Å². The lowest BCUT2D eigenvalue weighted by atomic mass is 10.00. The van der Waals surface area contributed by atoms with Crippen molar-refractivity contribution in [3.63, 3.8) is 0 Å². The minimum Gasteiger partial charge on any atom is -0.491 e. The van der Waals surface area contributed by atoms with Gasteiger partial charge in [0.1, 0.15) is 18.5 Å². The molecule has 9 heteroatoms. The summed E-state index contributed by atoms with van der Waals surface area (Å²) in [5.41, 5.74) is 5.18. The Morgan fingerprint density at radius 3 is 2.42 bits per heavy atom. The molecule has 26 heavy (non-hydrogen) atoms. The molecule has 1 fully saturated rings. The fourth-order valence-electron chi connectivity index (χ4n) is 2.52. The van der Waals surface area contributed by atoms with E-state index in [2.05, 4.69) is 11.9 Å². The van der Waals surface area contributed by atoms with Crippen molar-refractivity contribution in [2.24, 2.45) is 16.6 Å². The lowest BCUT2D eigenvalue weighted by molar-refractivity contribution is -0.137. The topological polar surface area (TPSA) is 71.1 Å². The summed E-state index contributed by atoms with van der Waals surface area (Å²) in [5, 5.41) is 9.90. The first-order valence-corrected chi connectivity index (χ1v) is 8.28. The first-order chi connectivity index (χ1) is 11.8. The number of nitrogens with two attached hydrogens (primary N) is 1. The molecule has 0 saturated carbocycles. The number of ether oxygens (including phenoxy) is 1. The standard InChI is InChI=1S/C17H24F3N3O2.HI/c1-12-6-8-23(9-7-12)16(21)22-10-14(24)11-25-15-4-2-13(3-5-15)17(18,19)20;/h2-5,12,14,24H,6-11H2,1H3,(H2,21,22);1H. The molecule has 1 unspecified atom stereocenters. The van der Waals surface area contributed by atoms with Crippen molar-refractivity contribution >= 4 is 29.9 Å². The van der Waals surface area contributed by atoms with Gasteiger partial charge in [0, 0.05) is 13.1 Å². The quantitative estimate of drug-likeness (QED) is 0.381. The Labute approximate surface area is 168 Å². The van der Waals surface area contributed by atoms with E-state index in [1.807, 2.05) is 4.90 Å². The number of aliphatic imine (C=N–C) groups is 1. The Hall–Kier alpha value is -1.23. The number of piperidine rings is 1. The van der Waals surface area contributed by atoms with Crippen LogP contribution in [0.15, 0.2) is 29.3 Å². The highest BCUT2D eigenvalue weighted by atomic mass is 127. The molecule has 0 aliphatic carbocycles. The van der Waals surface area contributed by atoms with Crippen LogP contribution in [0.25, 0.3) is 0 Å². The van der Waals surface area contributed by atoms with E-state index in [0.29, 0.717) is 11.9 Å². The molecule has 5 nitrogen and oxygen atoms in total. The van der Waals surface area contributed by atoms with Gasteiger partial charge in [-0.3, -0.25) is 4.99 Å². The number of alkyl halides is 3. The molecule has 0 bridgehead atoms. The van der Waals surface area contributed by atoms with E-state index in [0.717, 1.165) is 38.1 Å². The Morgan fingerprint density at radius 2 is 1.88 bits per heavy atom.